The number of fused-ring (bicyclic) bond motifs is 9. The maximum absolute atomic E-state index is 5.23. The van der Waals surface area contributed by atoms with Gasteiger partial charge in [0, 0.05) is 31.3 Å². The van der Waals surface area contributed by atoms with E-state index in [-0.39, 0.29) is 6.17 Å². The quantitative estimate of drug-likeness (QED) is 0.177. The highest BCUT2D eigenvalue weighted by Crippen LogP contribution is 2.39. The van der Waals surface area contributed by atoms with Crippen molar-refractivity contribution >= 4 is 75.5 Å². The average Bonchev–Trinajstić information content (AvgIpc) is 3.64. The lowest BCUT2D eigenvalue weighted by molar-refractivity contribution is 0.674. The molecule has 0 bridgehead atoms. The van der Waals surface area contributed by atoms with Gasteiger partial charge in [-0.05, 0) is 84.4 Å². The van der Waals surface area contributed by atoms with Gasteiger partial charge in [-0.15, -0.1) is 11.3 Å². The van der Waals surface area contributed by atoms with Crippen LogP contribution >= 0.6 is 11.3 Å². The van der Waals surface area contributed by atoms with Gasteiger partial charge >= 0.3 is 0 Å². The molecule has 4 heteroatoms. The summed E-state index contributed by atoms with van der Waals surface area (Å²) in [6.07, 6.45) is -0.279. The van der Waals surface area contributed by atoms with Gasteiger partial charge in [-0.2, -0.15) is 0 Å². The summed E-state index contributed by atoms with van der Waals surface area (Å²) >= 11 is 1.83. The highest BCUT2D eigenvalue weighted by Gasteiger charge is 2.22. The number of hydrogen-bond donors (Lipinski definition) is 1. The second-order valence-corrected chi connectivity index (χ2v) is 15.3. The molecule has 1 unspecified atom stereocenters. The zero-order valence-electron chi connectivity index (χ0n) is 29.8. The van der Waals surface area contributed by atoms with E-state index in [4.69, 9.17) is 9.98 Å². The molecule has 0 fully saturated rings. The lowest BCUT2D eigenvalue weighted by Crippen LogP contribution is -2.33. The highest BCUT2D eigenvalue weighted by molar-refractivity contribution is 7.25. The predicted octanol–water partition coefficient (Wildman–Crippen LogP) is 13.3. The third-order valence-electron chi connectivity index (χ3n) is 10.9. The molecule has 11 rings (SSSR count). The van der Waals surface area contributed by atoms with Gasteiger partial charge in [0.25, 0.3) is 0 Å². The van der Waals surface area contributed by atoms with Crippen LogP contribution in [0.2, 0.25) is 0 Å². The monoisotopic (exact) mass is 719 g/mol. The van der Waals surface area contributed by atoms with Gasteiger partial charge in [0.2, 0.25) is 0 Å². The summed E-state index contributed by atoms with van der Waals surface area (Å²) in [6.45, 7) is 0. The van der Waals surface area contributed by atoms with Crippen LogP contribution in [0.3, 0.4) is 0 Å². The van der Waals surface area contributed by atoms with Crippen LogP contribution in [0, 0.1) is 0 Å². The number of benzene rings is 9. The molecule has 0 saturated heterocycles. The Bertz CT molecular complexity index is 3140. The van der Waals surface area contributed by atoms with E-state index in [1.807, 2.05) is 17.4 Å². The van der Waals surface area contributed by atoms with Crippen molar-refractivity contribution in [3.63, 3.8) is 0 Å². The van der Waals surface area contributed by atoms with Crippen molar-refractivity contribution in [2.45, 2.75) is 6.17 Å². The Morgan fingerprint density at radius 3 is 1.55 bits per heavy atom. The molecule has 0 saturated carbocycles. The summed E-state index contributed by atoms with van der Waals surface area (Å²) in [7, 11) is 0. The number of nitrogens with one attached hydrogen (secondary N) is 1. The van der Waals surface area contributed by atoms with E-state index < -0.39 is 0 Å². The Morgan fingerprint density at radius 1 is 0.364 bits per heavy atom. The fourth-order valence-corrected chi connectivity index (χ4v) is 9.38. The largest absolute Gasteiger partial charge is 0.344 e. The molecule has 0 aliphatic carbocycles. The molecule has 55 heavy (non-hydrogen) atoms. The zero-order valence-corrected chi connectivity index (χ0v) is 30.6. The SMILES string of the molecule is c1ccc(-c2ccc3c(c2)sc2cc(C4=NC(c5ccccc5)NC(c5cccc(-c6ccc7c8ccccc8c8ccccc8c7c6)c5)=N4)ccc23)cc1. The molecule has 9 aromatic carbocycles. The Kier molecular flexibility index (Phi) is 7.42. The molecule has 0 spiro atoms. The fraction of sp³-hybridized carbons (Fsp3) is 0.0196. The molecule has 1 aromatic heterocycles. The first-order valence-electron chi connectivity index (χ1n) is 18.7. The van der Waals surface area contributed by atoms with Gasteiger partial charge in [0.15, 0.2) is 5.84 Å². The molecule has 0 amide bonds. The zero-order chi connectivity index (χ0) is 36.3. The second-order valence-electron chi connectivity index (χ2n) is 14.2. The Labute approximate surface area is 322 Å². The first-order chi connectivity index (χ1) is 27.2. The van der Waals surface area contributed by atoms with Crippen molar-refractivity contribution in [3.8, 4) is 22.3 Å². The molecular formula is C51H33N3S. The molecule has 258 valence electrons. The minimum atomic E-state index is -0.279. The van der Waals surface area contributed by atoms with Gasteiger partial charge < -0.3 is 5.32 Å². The minimum absolute atomic E-state index is 0.279. The van der Waals surface area contributed by atoms with Gasteiger partial charge in [-0.3, -0.25) is 0 Å². The molecule has 1 atom stereocenters. The van der Waals surface area contributed by atoms with Gasteiger partial charge in [-0.25, -0.2) is 9.98 Å². The maximum atomic E-state index is 5.23. The topological polar surface area (TPSA) is 36.8 Å². The van der Waals surface area contributed by atoms with Crippen molar-refractivity contribution in [3.05, 3.63) is 205 Å². The summed E-state index contributed by atoms with van der Waals surface area (Å²) in [5, 5.41) is 13.9. The third-order valence-corrected chi connectivity index (χ3v) is 12.0. The van der Waals surface area contributed by atoms with E-state index in [0.717, 1.165) is 33.9 Å². The molecule has 1 aliphatic rings. The molecule has 0 radical (unpaired) electrons. The number of rotatable bonds is 5. The molecular weight excluding hydrogens is 687 g/mol. The normalized spacial score (nSPS) is 14.4. The van der Waals surface area contributed by atoms with E-state index in [2.05, 4.69) is 187 Å². The van der Waals surface area contributed by atoms with Crippen molar-refractivity contribution in [2.24, 2.45) is 9.98 Å². The smallest absolute Gasteiger partial charge is 0.159 e. The van der Waals surface area contributed by atoms with Gasteiger partial charge in [0.1, 0.15) is 12.0 Å². The van der Waals surface area contributed by atoms with Crippen LogP contribution in [0.15, 0.2) is 198 Å². The van der Waals surface area contributed by atoms with E-state index >= 15 is 0 Å². The van der Waals surface area contributed by atoms with Crippen molar-refractivity contribution in [1.82, 2.24) is 5.32 Å². The fourth-order valence-electron chi connectivity index (χ4n) is 8.19. The van der Waals surface area contributed by atoms with Crippen LogP contribution in [0.1, 0.15) is 22.9 Å². The van der Waals surface area contributed by atoms with Crippen LogP contribution in [0.25, 0.3) is 74.7 Å². The number of amidine groups is 2. The summed E-state index contributed by atoms with van der Waals surface area (Å²) < 4.78 is 2.50. The van der Waals surface area contributed by atoms with Gasteiger partial charge in [-0.1, -0.05) is 164 Å². The number of aliphatic imine (C=N–C) groups is 2. The first-order valence-corrected chi connectivity index (χ1v) is 19.5. The van der Waals surface area contributed by atoms with Crippen LogP contribution in [-0.2, 0) is 0 Å². The lowest BCUT2D eigenvalue weighted by Gasteiger charge is -2.24. The molecule has 1 aliphatic heterocycles. The highest BCUT2D eigenvalue weighted by atomic mass is 32.1. The maximum Gasteiger partial charge on any atom is 0.159 e. The summed E-state index contributed by atoms with van der Waals surface area (Å²) in [4.78, 5) is 10.4. The van der Waals surface area contributed by atoms with Gasteiger partial charge in [0.05, 0.1) is 0 Å². The second kappa shape index (κ2) is 12.9. The molecule has 10 aromatic rings. The van der Waals surface area contributed by atoms with Crippen molar-refractivity contribution in [1.29, 1.82) is 0 Å². The third kappa shape index (κ3) is 5.50. The number of thiophene rings is 1. The van der Waals surface area contributed by atoms with E-state index in [9.17, 15) is 0 Å². The van der Waals surface area contributed by atoms with E-state index in [1.165, 1.54) is 69.2 Å². The van der Waals surface area contributed by atoms with E-state index in [1.54, 1.807) is 0 Å². The molecule has 3 nitrogen and oxygen atoms in total. The lowest BCUT2D eigenvalue weighted by atomic mass is 9.92. The predicted molar refractivity (Wildman–Crippen MR) is 235 cm³/mol. The van der Waals surface area contributed by atoms with Crippen molar-refractivity contribution in [2.75, 3.05) is 0 Å². The standard InChI is InChI=1S/C51H33N3S/c1-3-12-32(13-4-1)36-23-26-44-45-27-24-38(31-48(45)55-47(44)30-36)51-53-49(33-14-5-2-6-15-33)52-50(54-51)37-17-11-16-34(28-37)35-22-25-43-41-20-8-7-18-39(41)40-19-9-10-21-42(40)46(43)29-35/h1-31,49H,(H,52,53,54). The average molecular weight is 720 g/mol. The minimum Gasteiger partial charge on any atom is -0.344 e. The molecule has 2 heterocycles. The summed E-state index contributed by atoms with van der Waals surface area (Å²) in [5.41, 5.74) is 7.89. The van der Waals surface area contributed by atoms with Crippen LogP contribution in [0.4, 0.5) is 0 Å². The van der Waals surface area contributed by atoms with Crippen LogP contribution < -0.4 is 5.32 Å². The van der Waals surface area contributed by atoms with E-state index in [0.29, 0.717) is 0 Å². The Balaban J connectivity index is 1.00. The number of nitrogens with zero attached hydrogens (tertiary/aromatic N) is 2. The Morgan fingerprint density at radius 2 is 0.855 bits per heavy atom. The summed E-state index contributed by atoms with van der Waals surface area (Å²) in [6, 6.07) is 67.6. The first kappa shape index (κ1) is 31.6. The Hall–Kier alpha value is -6.88. The van der Waals surface area contributed by atoms with Crippen molar-refractivity contribution < 1.29 is 0 Å². The molecule has 1 N–H and O–H groups in total. The van der Waals surface area contributed by atoms with Crippen LogP contribution in [0.5, 0.6) is 0 Å². The number of hydrogen-bond acceptors (Lipinski definition) is 4. The summed E-state index contributed by atoms with van der Waals surface area (Å²) in [5.74, 6) is 1.53. The van der Waals surface area contributed by atoms with Crippen LogP contribution in [-0.4, -0.2) is 11.7 Å².